The van der Waals surface area contributed by atoms with Gasteiger partial charge in [-0.1, -0.05) is 37.3 Å². The Kier molecular flexibility index (Phi) is 4.77. The van der Waals surface area contributed by atoms with Crippen molar-refractivity contribution in [2.24, 2.45) is 0 Å². The number of nitrogens with one attached hydrogen (secondary N) is 1. The molecule has 0 aliphatic heterocycles. The van der Waals surface area contributed by atoms with E-state index in [1.165, 1.54) is 28.5 Å². The highest BCUT2D eigenvalue weighted by molar-refractivity contribution is 5.75. The molecule has 0 fully saturated rings. The average Bonchev–Trinajstić information content (AvgIpc) is 2.49. The monoisotopic (exact) mass is 285 g/mol. The zero-order valence-corrected chi connectivity index (χ0v) is 12.0. The number of anilines is 1. The third-order valence-electron chi connectivity index (χ3n) is 3.29. The Bertz CT molecular complexity index is 665. The fourth-order valence-electron chi connectivity index (χ4n) is 2.05. The predicted octanol–water partition coefficient (Wildman–Crippen LogP) is 1.35. The number of pyridine rings is 1. The van der Waals surface area contributed by atoms with Gasteiger partial charge in [0.15, 0.2) is 0 Å². The standard InChI is InChI=1S/C16H19N3O2/c1-12(13-5-3-2-4-6-13)9-18-15(20)11-19-10-14(17)7-8-16(19)21/h2-8,10,12H,9,11,17H2,1H3,(H,18,20). The van der Waals surface area contributed by atoms with Gasteiger partial charge in [-0.3, -0.25) is 9.59 Å². The second kappa shape index (κ2) is 6.74. The van der Waals surface area contributed by atoms with Crippen molar-refractivity contribution in [3.05, 3.63) is 64.6 Å². The van der Waals surface area contributed by atoms with Crippen LogP contribution in [0, 0.1) is 0 Å². The SMILES string of the molecule is CC(CNC(=O)Cn1cc(N)ccc1=O)c1ccccc1. The number of nitrogens with zero attached hydrogens (tertiary/aromatic N) is 1. The van der Waals surface area contributed by atoms with Gasteiger partial charge in [0.25, 0.3) is 5.56 Å². The van der Waals surface area contributed by atoms with E-state index in [-0.39, 0.29) is 23.9 Å². The molecule has 1 unspecified atom stereocenters. The summed E-state index contributed by atoms with van der Waals surface area (Å²) in [7, 11) is 0. The minimum Gasteiger partial charge on any atom is -0.398 e. The summed E-state index contributed by atoms with van der Waals surface area (Å²) in [4.78, 5) is 23.5. The molecule has 1 heterocycles. The van der Waals surface area contributed by atoms with Crippen molar-refractivity contribution in [2.75, 3.05) is 12.3 Å². The fourth-order valence-corrected chi connectivity index (χ4v) is 2.05. The van der Waals surface area contributed by atoms with Gasteiger partial charge in [-0.2, -0.15) is 0 Å². The molecule has 5 heteroatoms. The number of nitrogen functional groups attached to an aromatic ring is 1. The Morgan fingerprint density at radius 2 is 1.95 bits per heavy atom. The van der Waals surface area contributed by atoms with Crippen LogP contribution in [0.4, 0.5) is 5.69 Å². The maximum Gasteiger partial charge on any atom is 0.251 e. The molecule has 21 heavy (non-hydrogen) atoms. The number of rotatable bonds is 5. The first-order valence-corrected chi connectivity index (χ1v) is 6.84. The van der Waals surface area contributed by atoms with Crippen LogP contribution in [0.2, 0.25) is 0 Å². The number of hydrogen-bond donors (Lipinski definition) is 2. The van der Waals surface area contributed by atoms with Crippen LogP contribution in [0.5, 0.6) is 0 Å². The summed E-state index contributed by atoms with van der Waals surface area (Å²) < 4.78 is 1.30. The van der Waals surface area contributed by atoms with E-state index in [4.69, 9.17) is 5.73 Å². The van der Waals surface area contributed by atoms with E-state index in [9.17, 15) is 9.59 Å². The number of carbonyl (C=O) groups excluding carboxylic acids is 1. The lowest BCUT2D eigenvalue weighted by Crippen LogP contribution is -2.34. The third kappa shape index (κ3) is 4.21. The van der Waals surface area contributed by atoms with E-state index >= 15 is 0 Å². The molecule has 1 aromatic heterocycles. The van der Waals surface area contributed by atoms with Crippen LogP contribution >= 0.6 is 0 Å². The third-order valence-corrected chi connectivity index (χ3v) is 3.29. The van der Waals surface area contributed by atoms with E-state index in [0.29, 0.717) is 12.2 Å². The Morgan fingerprint density at radius 3 is 2.67 bits per heavy atom. The molecule has 1 amide bonds. The summed E-state index contributed by atoms with van der Waals surface area (Å²) in [6, 6.07) is 12.8. The van der Waals surface area contributed by atoms with Gasteiger partial charge in [0.1, 0.15) is 6.54 Å². The molecule has 0 radical (unpaired) electrons. The van der Waals surface area contributed by atoms with E-state index in [1.54, 1.807) is 0 Å². The van der Waals surface area contributed by atoms with Gasteiger partial charge >= 0.3 is 0 Å². The van der Waals surface area contributed by atoms with Crippen LogP contribution in [-0.2, 0) is 11.3 Å². The predicted molar refractivity (Wildman–Crippen MR) is 83.0 cm³/mol. The van der Waals surface area contributed by atoms with Gasteiger partial charge in [-0.15, -0.1) is 0 Å². The fraction of sp³-hybridized carbons (Fsp3) is 0.250. The minimum absolute atomic E-state index is 0.0224. The first kappa shape index (κ1) is 14.8. The summed E-state index contributed by atoms with van der Waals surface area (Å²) in [5, 5.41) is 2.84. The van der Waals surface area contributed by atoms with Crippen molar-refractivity contribution in [3.8, 4) is 0 Å². The lowest BCUT2D eigenvalue weighted by molar-refractivity contribution is -0.121. The largest absolute Gasteiger partial charge is 0.398 e. The lowest BCUT2D eigenvalue weighted by atomic mass is 10.0. The highest BCUT2D eigenvalue weighted by Crippen LogP contribution is 2.12. The first-order valence-electron chi connectivity index (χ1n) is 6.84. The second-order valence-electron chi connectivity index (χ2n) is 5.04. The summed E-state index contributed by atoms with van der Waals surface area (Å²) in [5.41, 5.74) is 6.99. The van der Waals surface area contributed by atoms with E-state index in [1.807, 2.05) is 37.3 Å². The number of nitrogens with two attached hydrogens (primary N) is 1. The van der Waals surface area contributed by atoms with Crippen molar-refractivity contribution in [1.82, 2.24) is 9.88 Å². The lowest BCUT2D eigenvalue weighted by Gasteiger charge is -2.13. The molecule has 2 rings (SSSR count). The average molecular weight is 285 g/mol. The topological polar surface area (TPSA) is 77.1 Å². The maximum atomic E-state index is 11.9. The van der Waals surface area contributed by atoms with Gasteiger partial charge in [0.05, 0.1) is 0 Å². The van der Waals surface area contributed by atoms with Crippen molar-refractivity contribution in [2.45, 2.75) is 19.4 Å². The molecule has 0 aliphatic rings. The minimum atomic E-state index is -0.240. The molecule has 0 aliphatic carbocycles. The van der Waals surface area contributed by atoms with E-state index < -0.39 is 0 Å². The molecule has 110 valence electrons. The van der Waals surface area contributed by atoms with Crippen molar-refractivity contribution in [1.29, 1.82) is 0 Å². The number of amides is 1. The molecular formula is C16H19N3O2. The molecule has 2 aromatic rings. The molecule has 0 bridgehead atoms. The van der Waals surface area contributed by atoms with Crippen molar-refractivity contribution in [3.63, 3.8) is 0 Å². The number of aromatic nitrogens is 1. The van der Waals surface area contributed by atoms with Gasteiger partial charge in [0.2, 0.25) is 5.91 Å². The molecule has 0 spiro atoms. The molecular weight excluding hydrogens is 266 g/mol. The molecule has 0 saturated heterocycles. The Balaban J connectivity index is 1.91. The number of benzene rings is 1. The molecule has 1 atom stereocenters. The molecule has 5 nitrogen and oxygen atoms in total. The van der Waals surface area contributed by atoms with Crippen LogP contribution in [0.3, 0.4) is 0 Å². The summed E-state index contributed by atoms with van der Waals surface area (Å²) in [6.07, 6.45) is 1.47. The van der Waals surface area contributed by atoms with E-state index in [0.717, 1.165) is 0 Å². The Labute approximate surface area is 123 Å². The van der Waals surface area contributed by atoms with Crippen LogP contribution < -0.4 is 16.6 Å². The Hall–Kier alpha value is -2.56. The maximum absolute atomic E-state index is 11.9. The summed E-state index contributed by atoms with van der Waals surface area (Å²) in [5.74, 6) is 0.0122. The summed E-state index contributed by atoms with van der Waals surface area (Å²) >= 11 is 0. The van der Waals surface area contributed by atoms with Crippen molar-refractivity contribution >= 4 is 11.6 Å². The smallest absolute Gasteiger partial charge is 0.251 e. The number of hydrogen-bond acceptors (Lipinski definition) is 3. The quantitative estimate of drug-likeness (QED) is 0.870. The van der Waals surface area contributed by atoms with Crippen LogP contribution in [-0.4, -0.2) is 17.0 Å². The van der Waals surface area contributed by atoms with Gasteiger partial charge in [-0.25, -0.2) is 0 Å². The molecule has 3 N–H and O–H groups in total. The van der Waals surface area contributed by atoms with E-state index in [2.05, 4.69) is 5.32 Å². The van der Waals surface area contributed by atoms with Crippen molar-refractivity contribution < 1.29 is 4.79 Å². The van der Waals surface area contributed by atoms with Crippen LogP contribution in [0.25, 0.3) is 0 Å². The summed E-state index contributed by atoms with van der Waals surface area (Å²) in [6.45, 7) is 2.55. The van der Waals surface area contributed by atoms with Crippen LogP contribution in [0.1, 0.15) is 18.4 Å². The zero-order valence-electron chi connectivity index (χ0n) is 12.0. The van der Waals surface area contributed by atoms with Gasteiger partial charge < -0.3 is 15.6 Å². The molecule has 1 aromatic carbocycles. The first-order chi connectivity index (χ1) is 10.1. The van der Waals surface area contributed by atoms with Crippen LogP contribution in [0.15, 0.2) is 53.5 Å². The zero-order chi connectivity index (χ0) is 15.2. The van der Waals surface area contributed by atoms with Gasteiger partial charge in [-0.05, 0) is 17.5 Å². The number of carbonyl (C=O) groups is 1. The normalized spacial score (nSPS) is 11.9. The second-order valence-corrected chi connectivity index (χ2v) is 5.04. The van der Waals surface area contributed by atoms with Gasteiger partial charge in [0, 0.05) is 24.5 Å². The highest BCUT2D eigenvalue weighted by Gasteiger charge is 2.08. The highest BCUT2D eigenvalue weighted by atomic mass is 16.2. The molecule has 0 saturated carbocycles. The Morgan fingerprint density at radius 1 is 1.24 bits per heavy atom.